The van der Waals surface area contributed by atoms with Crippen molar-refractivity contribution in [1.29, 1.82) is 0 Å². The molecule has 0 atom stereocenters. The first-order valence-electron chi connectivity index (χ1n) is 4.82. The highest BCUT2D eigenvalue weighted by molar-refractivity contribution is 14.1. The van der Waals surface area contributed by atoms with Gasteiger partial charge in [0.15, 0.2) is 0 Å². The zero-order valence-electron chi connectivity index (χ0n) is 8.73. The topological polar surface area (TPSA) is 61.0 Å². The van der Waals surface area contributed by atoms with Gasteiger partial charge in [0, 0.05) is 17.8 Å². The molecule has 2 aromatic rings. The third kappa shape index (κ3) is 3.05. The Labute approximate surface area is 117 Å². The quantitative estimate of drug-likeness (QED) is 0.854. The van der Waals surface area contributed by atoms with Crippen molar-refractivity contribution in [2.75, 3.05) is 0 Å². The van der Waals surface area contributed by atoms with Gasteiger partial charge in [-0.1, -0.05) is 17.7 Å². The lowest BCUT2D eigenvalue weighted by molar-refractivity contribution is 0.457. The lowest BCUT2D eigenvalue weighted by Gasteiger charge is -2.07. The summed E-state index contributed by atoms with van der Waals surface area (Å²) in [5, 5.41) is 0.592. The fourth-order valence-electron chi connectivity index (χ4n) is 1.25. The van der Waals surface area contributed by atoms with Gasteiger partial charge in [-0.2, -0.15) is 0 Å². The second-order valence-electron chi connectivity index (χ2n) is 3.24. The van der Waals surface area contributed by atoms with Gasteiger partial charge >= 0.3 is 0 Å². The van der Waals surface area contributed by atoms with E-state index in [0.29, 0.717) is 23.2 Å². The first-order valence-corrected chi connectivity index (χ1v) is 6.28. The number of nitrogens with zero attached hydrogens (tertiary/aromatic N) is 2. The smallest absolute Gasteiger partial charge is 0.235 e. The molecule has 0 aliphatic heterocycles. The van der Waals surface area contributed by atoms with E-state index in [2.05, 4.69) is 32.6 Å². The molecular weight excluding hydrogens is 352 g/mol. The molecule has 2 N–H and O–H groups in total. The second kappa shape index (κ2) is 5.61. The summed E-state index contributed by atoms with van der Waals surface area (Å²) in [6.07, 6.45) is 3.12. The number of hydrogen-bond acceptors (Lipinski definition) is 4. The van der Waals surface area contributed by atoms with Crippen molar-refractivity contribution in [3.63, 3.8) is 0 Å². The number of nitrogens with two attached hydrogens (primary N) is 1. The number of ether oxygens (including phenoxy) is 1. The Kier molecular flexibility index (Phi) is 4.14. The molecule has 0 bridgehead atoms. The van der Waals surface area contributed by atoms with Crippen LogP contribution in [0.4, 0.5) is 0 Å². The van der Waals surface area contributed by atoms with E-state index in [4.69, 9.17) is 22.1 Å². The van der Waals surface area contributed by atoms with Crippen molar-refractivity contribution in [1.82, 2.24) is 9.97 Å². The van der Waals surface area contributed by atoms with E-state index in [-0.39, 0.29) is 0 Å². The fourth-order valence-corrected chi connectivity index (χ4v) is 1.90. The normalized spacial score (nSPS) is 10.3. The summed E-state index contributed by atoms with van der Waals surface area (Å²) >= 11 is 8.15. The van der Waals surface area contributed by atoms with Gasteiger partial charge in [0.05, 0.1) is 3.57 Å². The predicted octanol–water partition coefficient (Wildman–Crippen LogP) is 2.99. The van der Waals surface area contributed by atoms with Gasteiger partial charge in [-0.25, -0.2) is 9.97 Å². The Hall–Kier alpha value is -0.920. The third-order valence-electron chi connectivity index (χ3n) is 2.09. The molecule has 17 heavy (non-hydrogen) atoms. The van der Waals surface area contributed by atoms with E-state index in [1.165, 1.54) is 6.33 Å². The van der Waals surface area contributed by atoms with Gasteiger partial charge in [-0.3, -0.25) is 0 Å². The highest BCUT2D eigenvalue weighted by Crippen LogP contribution is 2.27. The number of halogens is 2. The first-order chi connectivity index (χ1) is 8.20. The summed E-state index contributed by atoms with van der Waals surface area (Å²) in [7, 11) is 0. The zero-order valence-corrected chi connectivity index (χ0v) is 11.6. The Morgan fingerprint density at radius 3 is 2.88 bits per heavy atom. The molecule has 0 saturated heterocycles. The molecule has 1 heterocycles. The second-order valence-corrected chi connectivity index (χ2v) is 4.80. The van der Waals surface area contributed by atoms with Gasteiger partial charge in [-0.05, 0) is 40.3 Å². The van der Waals surface area contributed by atoms with Crippen LogP contribution in [0.15, 0.2) is 30.7 Å². The third-order valence-corrected chi connectivity index (χ3v) is 3.18. The highest BCUT2D eigenvalue weighted by atomic mass is 127. The van der Waals surface area contributed by atoms with E-state index in [1.807, 2.05) is 12.1 Å². The predicted molar refractivity (Wildman–Crippen MR) is 74.2 cm³/mol. The molecule has 6 heteroatoms. The molecule has 2 rings (SSSR count). The van der Waals surface area contributed by atoms with Gasteiger partial charge in [0.1, 0.15) is 12.1 Å². The van der Waals surface area contributed by atoms with Crippen LogP contribution < -0.4 is 10.5 Å². The Morgan fingerprint density at radius 1 is 1.41 bits per heavy atom. The van der Waals surface area contributed by atoms with E-state index in [0.717, 1.165) is 9.13 Å². The Morgan fingerprint density at radius 2 is 2.24 bits per heavy atom. The van der Waals surface area contributed by atoms with Crippen molar-refractivity contribution in [2.24, 2.45) is 5.73 Å². The fraction of sp³-hybridized carbons (Fsp3) is 0.0909. The van der Waals surface area contributed by atoms with Crippen LogP contribution in [0.3, 0.4) is 0 Å². The Balaban J connectivity index is 2.25. The summed E-state index contributed by atoms with van der Waals surface area (Å²) in [6.45, 7) is 0.407. The Bertz CT molecular complexity index is 536. The molecule has 0 aliphatic carbocycles. The molecule has 0 radical (unpaired) electrons. The number of benzene rings is 1. The van der Waals surface area contributed by atoms with Crippen LogP contribution in [0.5, 0.6) is 11.6 Å². The molecule has 4 nitrogen and oxygen atoms in total. The molecule has 0 amide bonds. The molecule has 88 valence electrons. The van der Waals surface area contributed by atoms with E-state index in [9.17, 15) is 0 Å². The largest absolute Gasteiger partial charge is 0.438 e. The van der Waals surface area contributed by atoms with Gasteiger partial charge in [0.2, 0.25) is 5.88 Å². The van der Waals surface area contributed by atoms with E-state index >= 15 is 0 Å². The lowest BCUT2D eigenvalue weighted by atomic mass is 10.2. The standard InChI is InChI=1S/C11H9ClIN3O/c12-9-3-8(2-1-7(9)4-14)17-11-10(13)5-15-6-16-11/h1-3,5-6H,4,14H2. The maximum Gasteiger partial charge on any atom is 0.235 e. The minimum atomic E-state index is 0.407. The summed E-state index contributed by atoms with van der Waals surface area (Å²) < 4.78 is 6.44. The first kappa shape index (κ1) is 12.5. The molecule has 0 aliphatic rings. The summed E-state index contributed by atoms with van der Waals surface area (Å²) in [6, 6.07) is 5.37. The van der Waals surface area contributed by atoms with Crippen molar-refractivity contribution in [2.45, 2.75) is 6.54 Å². The van der Waals surface area contributed by atoms with Crippen molar-refractivity contribution < 1.29 is 4.74 Å². The van der Waals surface area contributed by atoms with Crippen LogP contribution >= 0.6 is 34.2 Å². The molecular formula is C11H9ClIN3O. The average molecular weight is 362 g/mol. The van der Waals surface area contributed by atoms with Crippen LogP contribution in [0.25, 0.3) is 0 Å². The lowest BCUT2D eigenvalue weighted by Crippen LogP contribution is -1.97. The minimum absolute atomic E-state index is 0.407. The monoisotopic (exact) mass is 361 g/mol. The molecule has 1 aromatic carbocycles. The van der Waals surface area contributed by atoms with Crippen molar-refractivity contribution in [3.05, 3.63) is 44.9 Å². The van der Waals surface area contributed by atoms with Gasteiger partial charge in [-0.15, -0.1) is 0 Å². The number of hydrogen-bond donors (Lipinski definition) is 1. The van der Waals surface area contributed by atoms with Crippen molar-refractivity contribution >= 4 is 34.2 Å². The highest BCUT2D eigenvalue weighted by Gasteiger charge is 2.06. The minimum Gasteiger partial charge on any atom is -0.438 e. The summed E-state index contributed by atoms with van der Waals surface area (Å²) in [5.41, 5.74) is 6.42. The van der Waals surface area contributed by atoms with Gasteiger partial charge in [0.25, 0.3) is 0 Å². The molecule has 0 fully saturated rings. The zero-order chi connectivity index (χ0) is 12.3. The maximum atomic E-state index is 6.04. The van der Waals surface area contributed by atoms with Gasteiger partial charge < -0.3 is 10.5 Å². The summed E-state index contributed by atoms with van der Waals surface area (Å²) in [5.74, 6) is 1.14. The van der Waals surface area contributed by atoms with Crippen molar-refractivity contribution in [3.8, 4) is 11.6 Å². The maximum absolute atomic E-state index is 6.04. The molecule has 0 saturated carbocycles. The van der Waals surface area contributed by atoms with Crippen LogP contribution in [0.2, 0.25) is 5.02 Å². The molecule has 1 aromatic heterocycles. The average Bonchev–Trinajstić information content (AvgIpc) is 2.32. The molecule has 0 spiro atoms. The van der Waals surface area contributed by atoms with Crippen LogP contribution in [-0.4, -0.2) is 9.97 Å². The van der Waals surface area contributed by atoms with Crippen LogP contribution in [0.1, 0.15) is 5.56 Å². The number of aromatic nitrogens is 2. The SMILES string of the molecule is NCc1ccc(Oc2ncncc2I)cc1Cl. The summed E-state index contributed by atoms with van der Waals surface area (Å²) in [4.78, 5) is 7.93. The van der Waals surface area contributed by atoms with E-state index < -0.39 is 0 Å². The van der Waals surface area contributed by atoms with Crippen LogP contribution in [0, 0.1) is 3.57 Å². The number of rotatable bonds is 3. The van der Waals surface area contributed by atoms with Crippen LogP contribution in [-0.2, 0) is 6.54 Å². The molecule has 0 unspecified atom stereocenters. The van der Waals surface area contributed by atoms with E-state index in [1.54, 1.807) is 12.3 Å².